The van der Waals surface area contributed by atoms with Crippen LogP contribution in [0.1, 0.15) is 23.1 Å². The molecule has 0 saturated carbocycles. The van der Waals surface area contributed by atoms with Crippen LogP contribution in [0, 0.1) is 6.92 Å². The molecular formula is C25H26N2O4S. The normalized spacial score (nSPS) is 13.4. The molecule has 0 spiro atoms. The van der Waals surface area contributed by atoms with Crippen molar-refractivity contribution in [1.29, 1.82) is 0 Å². The Hall–Kier alpha value is -3.32. The number of nitrogens with one attached hydrogen (secondary N) is 1. The van der Waals surface area contributed by atoms with Crippen molar-refractivity contribution in [3.8, 4) is 5.75 Å². The maximum absolute atomic E-state index is 13.4. The van der Waals surface area contributed by atoms with Gasteiger partial charge in [-0.15, -0.1) is 0 Å². The quantitative estimate of drug-likeness (QED) is 0.607. The van der Waals surface area contributed by atoms with Gasteiger partial charge in [-0.25, -0.2) is 8.42 Å². The molecule has 4 rings (SSSR count). The van der Waals surface area contributed by atoms with Crippen LogP contribution in [0.25, 0.3) is 0 Å². The standard InChI is InChI=1S/C25H26N2O4S/c1-18-5-3-6-19(15-18)16-25(28)26-21-9-8-20-7-4-14-27(24(20)17-21)32(29,30)23-12-10-22(31-2)11-13-23/h3,5-6,8-13,15,17H,4,7,14,16H2,1-2H3,(H,26,28). The van der Waals surface area contributed by atoms with Crippen molar-refractivity contribution in [1.82, 2.24) is 0 Å². The molecule has 0 radical (unpaired) electrons. The average Bonchev–Trinajstić information content (AvgIpc) is 2.78. The summed E-state index contributed by atoms with van der Waals surface area (Å²) < 4.78 is 33.3. The fourth-order valence-corrected chi connectivity index (χ4v) is 5.49. The first-order valence-corrected chi connectivity index (χ1v) is 12.0. The van der Waals surface area contributed by atoms with Gasteiger partial charge < -0.3 is 10.1 Å². The zero-order chi connectivity index (χ0) is 22.7. The molecule has 0 aliphatic carbocycles. The predicted molar refractivity (Wildman–Crippen MR) is 126 cm³/mol. The van der Waals surface area contributed by atoms with Gasteiger partial charge in [-0.1, -0.05) is 35.9 Å². The first-order valence-electron chi connectivity index (χ1n) is 10.5. The highest BCUT2D eigenvalue weighted by Crippen LogP contribution is 2.34. The second-order valence-corrected chi connectivity index (χ2v) is 9.78. The number of carbonyl (C=O) groups excluding carboxylic acids is 1. The summed E-state index contributed by atoms with van der Waals surface area (Å²) in [5, 5.41) is 2.91. The number of rotatable bonds is 6. The fourth-order valence-electron chi connectivity index (χ4n) is 3.96. The Morgan fingerprint density at radius 2 is 1.84 bits per heavy atom. The maximum atomic E-state index is 13.4. The van der Waals surface area contributed by atoms with Crippen molar-refractivity contribution in [3.05, 3.63) is 83.4 Å². The number of nitrogens with zero attached hydrogens (tertiary/aromatic N) is 1. The molecule has 1 heterocycles. The van der Waals surface area contributed by atoms with Crippen LogP contribution in [0.2, 0.25) is 0 Å². The highest BCUT2D eigenvalue weighted by molar-refractivity contribution is 7.92. The summed E-state index contributed by atoms with van der Waals surface area (Å²) >= 11 is 0. The summed E-state index contributed by atoms with van der Waals surface area (Å²) in [6, 6.07) is 19.7. The molecule has 1 aliphatic rings. The maximum Gasteiger partial charge on any atom is 0.264 e. The molecule has 0 saturated heterocycles. The first-order chi connectivity index (χ1) is 15.4. The molecule has 166 valence electrons. The lowest BCUT2D eigenvalue weighted by molar-refractivity contribution is -0.115. The third-order valence-electron chi connectivity index (χ3n) is 5.54. The number of anilines is 2. The number of amides is 1. The Labute approximate surface area is 188 Å². The van der Waals surface area contributed by atoms with E-state index in [1.807, 2.05) is 43.3 Å². The lowest BCUT2D eigenvalue weighted by Gasteiger charge is -2.31. The molecule has 0 unspecified atom stereocenters. The van der Waals surface area contributed by atoms with Gasteiger partial charge in [0.05, 0.1) is 24.1 Å². The van der Waals surface area contributed by atoms with Gasteiger partial charge in [0.2, 0.25) is 5.91 Å². The molecule has 6 nitrogen and oxygen atoms in total. The Kier molecular flexibility index (Phi) is 6.19. The largest absolute Gasteiger partial charge is 0.497 e. The van der Waals surface area contributed by atoms with Gasteiger partial charge in [0.1, 0.15) is 5.75 Å². The van der Waals surface area contributed by atoms with Gasteiger partial charge in [0.25, 0.3) is 10.0 Å². The van der Waals surface area contributed by atoms with Crippen molar-refractivity contribution in [2.75, 3.05) is 23.3 Å². The van der Waals surface area contributed by atoms with Crippen LogP contribution in [0.4, 0.5) is 11.4 Å². The molecule has 32 heavy (non-hydrogen) atoms. The predicted octanol–water partition coefficient (Wildman–Crippen LogP) is 4.33. The van der Waals surface area contributed by atoms with Crippen molar-refractivity contribution in [3.63, 3.8) is 0 Å². The molecule has 0 atom stereocenters. The van der Waals surface area contributed by atoms with E-state index in [2.05, 4.69) is 5.32 Å². The highest BCUT2D eigenvalue weighted by atomic mass is 32.2. The lowest BCUT2D eigenvalue weighted by Crippen LogP contribution is -2.35. The van der Waals surface area contributed by atoms with E-state index >= 15 is 0 Å². The van der Waals surface area contributed by atoms with E-state index in [0.717, 1.165) is 29.5 Å². The molecule has 3 aromatic rings. The van der Waals surface area contributed by atoms with Crippen molar-refractivity contribution in [2.45, 2.75) is 31.1 Å². The minimum Gasteiger partial charge on any atom is -0.497 e. The van der Waals surface area contributed by atoms with Crippen LogP contribution in [0.15, 0.2) is 71.6 Å². The van der Waals surface area contributed by atoms with Gasteiger partial charge in [-0.05, 0) is 67.3 Å². The summed E-state index contributed by atoms with van der Waals surface area (Å²) in [5.74, 6) is 0.456. The number of benzene rings is 3. The van der Waals surface area contributed by atoms with Gasteiger partial charge in [0, 0.05) is 12.2 Å². The van der Waals surface area contributed by atoms with Crippen LogP contribution >= 0.6 is 0 Å². The summed E-state index contributed by atoms with van der Waals surface area (Å²) in [7, 11) is -2.19. The summed E-state index contributed by atoms with van der Waals surface area (Å²) in [6.07, 6.45) is 1.79. The van der Waals surface area contributed by atoms with E-state index in [4.69, 9.17) is 4.74 Å². The topological polar surface area (TPSA) is 75.7 Å². The molecule has 0 aromatic heterocycles. The van der Waals surface area contributed by atoms with Gasteiger partial charge in [-0.2, -0.15) is 0 Å². The van der Waals surface area contributed by atoms with Crippen LogP contribution < -0.4 is 14.4 Å². The van der Waals surface area contributed by atoms with Crippen LogP contribution in [-0.2, 0) is 27.7 Å². The van der Waals surface area contributed by atoms with E-state index in [1.54, 1.807) is 37.4 Å². The van der Waals surface area contributed by atoms with Crippen molar-refractivity contribution < 1.29 is 17.9 Å². The Bertz CT molecular complexity index is 1240. The fraction of sp³-hybridized carbons (Fsp3) is 0.240. The Balaban J connectivity index is 1.58. The highest BCUT2D eigenvalue weighted by Gasteiger charge is 2.29. The van der Waals surface area contributed by atoms with Crippen LogP contribution in [-0.4, -0.2) is 28.0 Å². The van der Waals surface area contributed by atoms with Crippen molar-refractivity contribution in [2.24, 2.45) is 0 Å². The number of hydrogen-bond donors (Lipinski definition) is 1. The van der Waals surface area contributed by atoms with Gasteiger partial charge in [-0.3, -0.25) is 9.10 Å². The third kappa shape index (κ3) is 4.62. The van der Waals surface area contributed by atoms with E-state index in [1.165, 1.54) is 4.31 Å². The lowest BCUT2D eigenvalue weighted by atomic mass is 10.0. The number of carbonyl (C=O) groups is 1. The minimum atomic E-state index is -3.73. The first kappa shape index (κ1) is 21.9. The molecule has 0 bridgehead atoms. The third-order valence-corrected chi connectivity index (χ3v) is 7.37. The van der Waals surface area contributed by atoms with Gasteiger partial charge in [0.15, 0.2) is 0 Å². The number of fused-ring (bicyclic) bond motifs is 1. The van der Waals surface area contributed by atoms with E-state index in [0.29, 0.717) is 23.7 Å². The number of sulfonamides is 1. The second-order valence-electron chi connectivity index (χ2n) is 7.91. The molecule has 0 fully saturated rings. The number of ether oxygens (including phenoxy) is 1. The van der Waals surface area contributed by atoms with E-state index in [-0.39, 0.29) is 17.2 Å². The van der Waals surface area contributed by atoms with Crippen molar-refractivity contribution >= 4 is 27.3 Å². The summed E-state index contributed by atoms with van der Waals surface area (Å²) in [5.41, 5.74) is 4.18. The second kappa shape index (κ2) is 9.04. The monoisotopic (exact) mass is 450 g/mol. The molecule has 1 amide bonds. The van der Waals surface area contributed by atoms with E-state index in [9.17, 15) is 13.2 Å². The Morgan fingerprint density at radius 1 is 1.06 bits per heavy atom. The molecule has 7 heteroatoms. The zero-order valence-corrected chi connectivity index (χ0v) is 19.0. The molecule has 3 aromatic carbocycles. The number of hydrogen-bond acceptors (Lipinski definition) is 4. The number of methoxy groups -OCH3 is 1. The molecule has 1 aliphatic heterocycles. The summed E-state index contributed by atoms with van der Waals surface area (Å²) in [4.78, 5) is 12.8. The average molecular weight is 451 g/mol. The van der Waals surface area contributed by atoms with Gasteiger partial charge >= 0.3 is 0 Å². The van der Waals surface area contributed by atoms with Crippen LogP contribution in [0.5, 0.6) is 5.75 Å². The van der Waals surface area contributed by atoms with E-state index < -0.39 is 10.0 Å². The molecule has 1 N–H and O–H groups in total. The zero-order valence-electron chi connectivity index (χ0n) is 18.2. The SMILES string of the molecule is COc1ccc(S(=O)(=O)N2CCCc3ccc(NC(=O)Cc4cccc(C)c4)cc32)cc1. The number of aryl methyl sites for hydroxylation is 2. The Morgan fingerprint density at radius 3 is 2.56 bits per heavy atom. The molecular weight excluding hydrogens is 424 g/mol. The summed E-state index contributed by atoms with van der Waals surface area (Å²) in [6.45, 7) is 2.38. The smallest absolute Gasteiger partial charge is 0.264 e. The van der Waals surface area contributed by atoms with Crippen LogP contribution in [0.3, 0.4) is 0 Å². The minimum absolute atomic E-state index is 0.143.